The molecular weight excluding hydrogens is 515 g/mol. The van der Waals surface area contributed by atoms with Crippen molar-refractivity contribution >= 4 is 46.4 Å². The third kappa shape index (κ3) is 6.33. The van der Waals surface area contributed by atoms with Gasteiger partial charge in [0.15, 0.2) is 0 Å². The normalized spacial score (nSPS) is 10.8. The highest BCUT2D eigenvalue weighted by atomic mass is 35.5. The summed E-state index contributed by atoms with van der Waals surface area (Å²) in [6.45, 7) is 2.66. The maximum atomic E-state index is 13.7. The second-order valence-electron chi connectivity index (χ2n) is 8.45. The second kappa shape index (κ2) is 11.7. The van der Waals surface area contributed by atoms with Crippen LogP contribution in [0.5, 0.6) is 11.5 Å². The van der Waals surface area contributed by atoms with Gasteiger partial charge >= 0.3 is 0 Å². The minimum absolute atomic E-state index is 0.169. The first kappa shape index (κ1) is 25.9. The van der Waals surface area contributed by atoms with E-state index in [4.69, 9.17) is 45.3 Å². The quantitative estimate of drug-likeness (QED) is 0.230. The number of nitrogens with zero attached hydrogens (tertiary/aromatic N) is 1. The van der Waals surface area contributed by atoms with Gasteiger partial charge in [0.05, 0.1) is 21.3 Å². The van der Waals surface area contributed by atoms with Crippen LogP contribution in [0.1, 0.15) is 27.0 Å². The van der Waals surface area contributed by atoms with E-state index in [9.17, 15) is 4.79 Å². The highest BCUT2D eigenvalue weighted by molar-refractivity contribution is 6.45. The number of amides is 1. The predicted octanol–water partition coefficient (Wildman–Crippen LogP) is 8.21. The number of ether oxygens (including phenoxy) is 1. The molecule has 0 aromatic heterocycles. The minimum atomic E-state index is -0.210. The van der Waals surface area contributed by atoms with E-state index in [0.717, 1.165) is 16.9 Å². The number of para-hydroxylation sites is 1. The molecule has 0 heterocycles. The third-order valence-electron chi connectivity index (χ3n) is 5.79. The van der Waals surface area contributed by atoms with E-state index in [1.165, 1.54) is 0 Å². The molecule has 1 amide bonds. The van der Waals surface area contributed by atoms with E-state index in [1.807, 2.05) is 78.9 Å². The van der Waals surface area contributed by atoms with Crippen molar-refractivity contribution in [1.82, 2.24) is 4.90 Å². The first-order valence-electron chi connectivity index (χ1n) is 11.4. The Balaban J connectivity index is 1.57. The van der Waals surface area contributed by atoms with Crippen LogP contribution in [0.25, 0.3) is 0 Å². The van der Waals surface area contributed by atoms with E-state index in [2.05, 4.69) is 0 Å². The van der Waals surface area contributed by atoms with Crippen molar-refractivity contribution in [2.75, 3.05) is 12.3 Å². The van der Waals surface area contributed by atoms with Crippen molar-refractivity contribution in [1.29, 1.82) is 0 Å². The summed E-state index contributed by atoms with van der Waals surface area (Å²) in [6.07, 6.45) is 0.650. The van der Waals surface area contributed by atoms with Gasteiger partial charge in [0, 0.05) is 18.1 Å². The van der Waals surface area contributed by atoms with Gasteiger partial charge in [-0.2, -0.15) is 0 Å². The molecule has 184 valence electrons. The number of nitrogens with two attached hydrogens (primary N) is 1. The topological polar surface area (TPSA) is 55.6 Å². The molecule has 0 fully saturated rings. The molecule has 4 aromatic rings. The zero-order chi connectivity index (χ0) is 25.7. The van der Waals surface area contributed by atoms with Gasteiger partial charge in [0.25, 0.3) is 5.91 Å². The van der Waals surface area contributed by atoms with Crippen molar-refractivity contribution in [2.24, 2.45) is 0 Å². The van der Waals surface area contributed by atoms with E-state index in [-0.39, 0.29) is 16.0 Å². The minimum Gasteiger partial charge on any atom is -0.457 e. The Kier molecular flexibility index (Phi) is 8.42. The first-order chi connectivity index (χ1) is 17.3. The highest BCUT2D eigenvalue weighted by Gasteiger charge is 2.23. The van der Waals surface area contributed by atoms with Crippen molar-refractivity contribution in [3.63, 3.8) is 0 Å². The van der Waals surface area contributed by atoms with E-state index < -0.39 is 0 Å². The molecule has 2 N–H and O–H groups in total. The molecule has 4 aromatic carbocycles. The largest absolute Gasteiger partial charge is 0.457 e. The van der Waals surface area contributed by atoms with Crippen molar-refractivity contribution in [2.45, 2.75) is 19.9 Å². The molecule has 0 spiro atoms. The summed E-state index contributed by atoms with van der Waals surface area (Å²) in [7, 11) is 0. The van der Waals surface area contributed by atoms with Gasteiger partial charge in [-0.15, -0.1) is 0 Å². The number of hydrogen-bond donors (Lipinski definition) is 1. The Labute approximate surface area is 226 Å². The van der Waals surface area contributed by atoms with Gasteiger partial charge in [0.2, 0.25) is 0 Å². The fraction of sp³-hybridized carbons (Fsp3) is 0.138. The van der Waals surface area contributed by atoms with Crippen LogP contribution in [0.15, 0.2) is 84.9 Å². The van der Waals surface area contributed by atoms with Crippen LogP contribution < -0.4 is 10.5 Å². The lowest BCUT2D eigenvalue weighted by atomic mass is 10.0. The number of nitrogen functional groups attached to an aromatic ring is 1. The average molecular weight is 540 g/mol. The average Bonchev–Trinajstić information content (AvgIpc) is 2.87. The molecule has 0 atom stereocenters. The lowest BCUT2D eigenvalue weighted by Crippen LogP contribution is -2.33. The lowest BCUT2D eigenvalue weighted by molar-refractivity contribution is 0.0744. The number of halogens is 3. The number of aryl methyl sites for hydroxylation is 1. The molecule has 0 saturated carbocycles. The summed E-state index contributed by atoms with van der Waals surface area (Å²) in [5, 5.41) is 1.02. The van der Waals surface area contributed by atoms with Crippen molar-refractivity contribution in [3.05, 3.63) is 122 Å². The summed E-state index contributed by atoms with van der Waals surface area (Å²) in [5.74, 6) is 1.27. The molecule has 0 unspecified atom stereocenters. The SMILES string of the molecule is Cc1cc(N)c(Cl)c(Cl)c1C(=O)N(CCc1ccc(Cl)cc1)Cc1ccc(Oc2ccccc2)cc1. The molecule has 4 nitrogen and oxygen atoms in total. The van der Waals surface area contributed by atoms with Crippen LogP contribution in [0.2, 0.25) is 15.1 Å². The smallest absolute Gasteiger partial charge is 0.256 e. The van der Waals surface area contributed by atoms with Gasteiger partial charge in [-0.1, -0.05) is 77.3 Å². The third-order valence-corrected chi connectivity index (χ3v) is 6.93. The number of benzene rings is 4. The van der Waals surface area contributed by atoms with Gasteiger partial charge in [-0.05, 0) is 72.5 Å². The molecule has 0 aliphatic carbocycles. The fourth-order valence-corrected chi connectivity index (χ4v) is 4.49. The Morgan fingerprint density at radius 3 is 2.11 bits per heavy atom. The molecular formula is C29H25Cl3N2O2. The Bertz CT molecular complexity index is 1340. The Morgan fingerprint density at radius 2 is 1.44 bits per heavy atom. The molecule has 0 radical (unpaired) electrons. The van der Waals surface area contributed by atoms with Crippen LogP contribution in [0.4, 0.5) is 5.69 Å². The van der Waals surface area contributed by atoms with E-state index in [1.54, 1.807) is 17.9 Å². The number of hydrogen-bond acceptors (Lipinski definition) is 3. The fourth-order valence-electron chi connectivity index (χ4n) is 3.87. The molecule has 36 heavy (non-hydrogen) atoms. The van der Waals surface area contributed by atoms with Gasteiger partial charge in [0.1, 0.15) is 11.5 Å². The summed E-state index contributed by atoms with van der Waals surface area (Å²) in [4.78, 5) is 15.5. The Hall–Kier alpha value is -3.18. The molecule has 4 rings (SSSR count). The van der Waals surface area contributed by atoms with Gasteiger partial charge < -0.3 is 15.4 Å². The summed E-state index contributed by atoms with van der Waals surface area (Å²) in [5.41, 5.74) is 9.35. The van der Waals surface area contributed by atoms with Crippen LogP contribution >= 0.6 is 34.8 Å². The van der Waals surface area contributed by atoms with E-state index >= 15 is 0 Å². The van der Waals surface area contributed by atoms with Crippen LogP contribution in [0, 0.1) is 6.92 Å². The van der Waals surface area contributed by atoms with Crippen molar-refractivity contribution in [3.8, 4) is 11.5 Å². The second-order valence-corrected chi connectivity index (χ2v) is 9.64. The standard InChI is InChI=1S/C29H25Cl3N2O2/c1-19-17-25(33)27(31)28(32)26(19)29(35)34(16-15-20-7-11-22(30)12-8-20)18-21-9-13-24(14-10-21)36-23-5-3-2-4-6-23/h2-14,17H,15-16,18,33H2,1H3. The summed E-state index contributed by atoms with van der Waals surface area (Å²) < 4.78 is 5.89. The number of rotatable bonds is 8. The summed E-state index contributed by atoms with van der Waals surface area (Å²) in [6, 6.07) is 26.5. The molecule has 7 heteroatoms. The maximum absolute atomic E-state index is 13.7. The zero-order valence-electron chi connectivity index (χ0n) is 19.7. The Morgan fingerprint density at radius 1 is 0.833 bits per heavy atom. The molecule has 0 aliphatic rings. The number of carbonyl (C=O) groups is 1. The van der Waals surface area contributed by atoms with Gasteiger partial charge in [-0.25, -0.2) is 0 Å². The van der Waals surface area contributed by atoms with Crippen LogP contribution in [-0.2, 0) is 13.0 Å². The first-order valence-corrected chi connectivity index (χ1v) is 12.5. The van der Waals surface area contributed by atoms with Crippen molar-refractivity contribution < 1.29 is 9.53 Å². The maximum Gasteiger partial charge on any atom is 0.256 e. The molecule has 0 saturated heterocycles. The molecule has 0 aliphatic heterocycles. The molecule has 0 bridgehead atoms. The highest BCUT2D eigenvalue weighted by Crippen LogP contribution is 2.35. The van der Waals surface area contributed by atoms with Crippen LogP contribution in [0.3, 0.4) is 0 Å². The lowest BCUT2D eigenvalue weighted by Gasteiger charge is -2.25. The van der Waals surface area contributed by atoms with Gasteiger partial charge in [-0.3, -0.25) is 4.79 Å². The van der Waals surface area contributed by atoms with Crippen LogP contribution in [-0.4, -0.2) is 17.4 Å². The number of carbonyl (C=O) groups excluding carboxylic acids is 1. The van der Waals surface area contributed by atoms with E-state index in [0.29, 0.717) is 47.1 Å². The summed E-state index contributed by atoms with van der Waals surface area (Å²) >= 11 is 18.8. The number of anilines is 1. The monoisotopic (exact) mass is 538 g/mol. The predicted molar refractivity (Wildman–Crippen MR) is 148 cm³/mol. The zero-order valence-corrected chi connectivity index (χ0v) is 21.9.